The van der Waals surface area contributed by atoms with Gasteiger partial charge in [-0.2, -0.15) is 0 Å². The van der Waals surface area contributed by atoms with E-state index in [1.807, 2.05) is 25.3 Å². The number of anilines is 3. The van der Waals surface area contributed by atoms with Gasteiger partial charge in [0.2, 0.25) is 23.6 Å². The molecule has 2 aromatic carbocycles. The van der Waals surface area contributed by atoms with Crippen molar-refractivity contribution in [1.29, 1.82) is 0 Å². The van der Waals surface area contributed by atoms with Crippen molar-refractivity contribution in [2.75, 3.05) is 55.6 Å². The zero-order valence-corrected chi connectivity index (χ0v) is 37.7. The number of ether oxygens (including phenoxy) is 2. The van der Waals surface area contributed by atoms with Crippen molar-refractivity contribution in [2.24, 2.45) is 0 Å². The molecule has 2 atom stereocenters. The summed E-state index contributed by atoms with van der Waals surface area (Å²) in [6, 6.07) is 9.86. The number of fused-ring (bicyclic) bond motifs is 2. The molecule has 19 nitrogen and oxygen atoms in total. The molecule has 0 spiro atoms. The number of ketones is 1. The Labute approximate surface area is 383 Å². The number of hydrogen-bond donors (Lipinski definition) is 3. The summed E-state index contributed by atoms with van der Waals surface area (Å²) in [6.07, 6.45) is 10.3. The highest BCUT2D eigenvalue weighted by Gasteiger charge is 2.42. The van der Waals surface area contributed by atoms with Crippen molar-refractivity contribution in [3.05, 3.63) is 82.6 Å². The molecule has 4 aromatic rings. The third kappa shape index (κ3) is 10.1. The van der Waals surface area contributed by atoms with E-state index in [1.54, 1.807) is 54.2 Å². The van der Waals surface area contributed by atoms with Crippen LogP contribution in [0, 0.1) is 0 Å². The van der Waals surface area contributed by atoms with Crippen LogP contribution in [0.2, 0.25) is 0 Å². The van der Waals surface area contributed by atoms with Gasteiger partial charge in [0.05, 0.1) is 38.8 Å². The predicted molar refractivity (Wildman–Crippen MR) is 242 cm³/mol. The van der Waals surface area contributed by atoms with Crippen LogP contribution in [0.4, 0.5) is 17.2 Å². The normalized spacial score (nSPS) is 18.4. The van der Waals surface area contributed by atoms with E-state index in [0.717, 1.165) is 42.8 Å². The van der Waals surface area contributed by atoms with Crippen LogP contribution < -0.4 is 30.5 Å². The van der Waals surface area contributed by atoms with Crippen molar-refractivity contribution >= 4 is 52.5 Å². The summed E-state index contributed by atoms with van der Waals surface area (Å²) < 4.78 is 13.2. The van der Waals surface area contributed by atoms with E-state index in [9.17, 15) is 28.8 Å². The predicted octanol–water partition coefficient (Wildman–Crippen LogP) is 3.38. The Balaban J connectivity index is 0.738. The first-order valence-corrected chi connectivity index (χ1v) is 22.9. The van der Waals surface area contributed by atoms with Gasteiger partial charge < -0.3 is 34.8 Å². The number of likely N-dealkylation sites (N-methyl/N-ethyl adjacent to an activating group) is 1. The first-order valence-electron chi connectivity index (χ1n) is 22.9. The van der Waals surface area contributed by atoms with Crippen molar-refractivity contribution < 1.29 is 38.2 Å². The Bertz CT molecular complexity index is 2490. The minimum Gasteiger partial charge on any atom is -0.496 e. The Morgan fingerprint density at radius 2 is 1.83 bits per heavy atom. The number of amides is 5. The molecule has 0 radical (unpaired) electrons. The van der Waals surface area contributed by atoms with Crippen LogP contribution in [0.3, 0.4) is 0 Å². The molecule has 2 aromatic heterocycles. The van der Waals surface area contributed by atoms with Gasteiger partial charge >= 0.3 is 0 Å². The number of nitrogens with one attached hydrogen (secondary N) is 3. The van der Waals surface area contributed by atoms with Crippen molar-refractivity contribution in [3.8, 4) is 5.75 Å². The van der Waals surface area contributed by atoms with Crippen LogP contribution in [0.1, 0.15) is 108 Å². The molecule has 19 heteroatoms. The number of benzene rings is 2. The summed E-state index contributed by atoms with van der Waals surface area (Å²) in [4.78, 5) is 91.5. The smallest absolute Gasteiger partial charge is 0.255 e. The maximum absolute atomic E-state index is 13.3. The number of piperidine rings is 1. The number of nitrogens with zero attached hydrogens (tertiary/aromatic N) is 8. The van der Waals surface area contributed by atoms with Crippen molar-refractivity contribution in [1.82, 2.24) is 40.5 Å². The molecule has 1 saturated heterocycles. The monoisotopic (exact) mass is 903 g/mol. The third-order valence-corrected chi connectivity index (χ3v) is 12.9. The number of methoxy groups -OCH3 is 1. The fraction of sp³-hybridized carbons (Fsp3) is 0.489. The van der Waals surface area contributed by atoms with Gasteiger partial charge in [-0.3, -0.25) is 34.1 Å². The molecule has 66 heavy (non-hydrogen) atoms. The number of carbonyl (C=O) groups is 6. The number of rotatable bonds is 20. The molecular weight excluding hydrogens is 847 g/mol. The first kappa shape index (κ1) is 45.9. The van der Waals surface area contributed by atoms with E-state index in [0.29, 0.717) is 91.8 Å². The molecular formula is C47H57N11O8. The van der Waals surface area contributed by atoms with Gasteiger partial charge in [0.25, 0.3) is 5.91 Å². The van der Waals surface area contributed by atoms with E-state index in [2.05, 4.69) is 36.1 Å². The summed E-state index contributed by atoms with van der Waals surface area (Å²) in [5.74, 6) is 0.686. The molecule has 2 fully saturated rings. The lowest BCUT2D eigenvalue weighted by Gasteiger charge is -2.43. The molecule has 1 saturated carbocycles. The SMILES string of the molecule is CC[C@@H]1C(=O)N(C)c2cnc(Cc3ccc(C(=O)CCc4cn(CCOCCNCCC(=O)Nc5cccc6c5CN(C5CCC(=O)NC5=O)C6=O)nn4)cc3OC)nc2N1C1CCCC1. The zero-order valence-electron chi connectivity index (χ0n) is 37.7. The number of carbonyl (C=O) groups excluding carboxylic acids is 6. The van der Waals surface area contributed by atoms with Crippen LogP contribution in [0.25, 0.3) is 0 Å². The maximum atomic E-state index is 13.3. The van der Waals surface area contributed by atoms with E-state index < -0.39 is 11.9 Å². The second-order valence-electron chi connectivity index (χ2n) is 17.2. The summed E-state index contributed by atoms with van der Waals surface area (Å²) in [7, 11) is 3.38. The molecule has 3 aliphatic heterocycles. The maximum Gasteiger partial charge on any atom is 0.255 e. The Hall–Kier alpha value is -6.60. The lowest BCUT2D eigenvalue weighted by Crippen LogP contribution is -2.55. The third-order valence-electron chi connectivity index (χ3n) is 12.9. The number of Topliss-reactive ketones (excluding diaryl/α,β-unsaturated/α-hetero) is 1. The average molecular weight is 904 g/mol. The Morgan fingerprint density at radius 1 is 1.00 bits per heavy atom. The minimum absolute atomic E-state index is 0.0447. The summed E-state index contributed by atoms with van der Waals surface area (Å²) in [6.45, 7) is 4.46. The second kappa shape index (κ2) is 20.7. The quantitative estimate of drug-likeness (QED) is 0.0658. The standard InChI is InChI=1S/C47H57N11O8/c1-4-36-47(64)55(2)38-26-49-41(51-44(38)58(36)32-8-5-6-9-32)25-30-13-12-29(24-40(30)65-3)39(59)16-14-31-27-56(54-53-31)21-23-66-22-20-48-19-18-43(61)50-35-11-7-10-33-34(35)28-57(46(33)63)37-15-17-42(60)52-45(37)62/h7,10-13,24,26-27,32,36-37,48H,4-6,8-9,14-23,25,28H2,1-3H3,(H,50,61)(H,52,60,62)/t36-,37?/m1/s1. The van der Waals surface area contributed by atoms with Crippen molar-refractivity contribution in [2.45, 2.75) is 109 Å². The molecule has 4 aliphatic rings. The highest BCUT2D eigenvalue weighted by atomic mass is 16.5. The van der Waals surface area contributed by atoms with E-state index in [1.165, 1.54) is 4.90 Å². The number of aryl methyl sites for hydroxylation is 1. The number of imide groups is 1. The first-order chi connectivity index (χ1) is 32.0. The van der Waals surface area contributed by atoms with Crippen LogP contribution in [-0.2, 0) is 49.8 Å². The Morgan fingerprint density at radius 3 is 2.62 bits per heavy atom. The molecule has 5 amide bonds. The summed E-state index contributed by atoms with van der Waals surface area (Å²) >= 11 is 0. The lowest BCUT2D eigenvalue weighted by atomic mass is 10.0. The molecule has 0 bridgehead atoms. The molecule has 5 heterocycles. The molecule has 1 aliphatic carbocycles. The highest BCUT2D eigenvalue weighted by Crippen LogP contribution is 2.40. The Kier molecular flexibility index (Phi) is 14.4. The van der Waals surface area contributed by atoms with Gasteiger partial charge in [-0.1, -0.05) is 43.2 Å². The average Bonchev–Trinajstić information content (AvgIpc) is 4.09. The van der Waals surface area contributed by atoms with E-state index in [4.69, 9.17) is 14.5 Å². The lowest BCUT2D eigenvalue weighted by molar-refractivity contribution is -0.137. The molecule has 1 unspecified atom stereocenters. The number of hydrogen-bond acceptors (Lipinski definition) is 14. The van der Waals surface area contributed by atoms with Gasteiger partial charge in [-0.05, 0) is 43.9 Å². The summed E-state index contributed by atoms with van der Waals surface area (Å²) in [5, 5.41) is 16.8. The van der Waals surface area contributed by atoms with Crippen LogP contribution in [-0.4, -0.2) is 124 Å². The number of aromatic nitrogens is 5. The molecule has 8 rings (SSSR count). The van der Waals surface area contributed by atoms with Gasteiger partial charge in [-0.25, -0.2) is 14.6 Å². The van der Waals surface area contributed by atoms with Gasteiger partial charge in [0, 0.05) is 99.0 Å². The largest absolute Gasteiger partial charge is 0.496 e. The topological polar surface area (TPSA) is 223 Å². The van der Waals surface area contributed by atoms with Gasteiger partial charge in [0.1, 0.15) is 29.3 Å². The van der Waals surface area contributed by atoms with Gasteiger partial charge in [0.15, 0.2) is 11.6 Å². The molecule has 3 N–H and O–H groups in total. The van der Waals surface area contributed by atoms with E-state index in [-0.39, 0.29) is 73.7 Å². The fourth-order valence-corrected chi connectivity index (χ4v) is 9.33. The van der Waals surface area contributed by atoms with Crippen LogP contribution >= 0.6 is 0 Å². The van der Waals surface area contributed by atoms with E-state index >= 15 is 0 Å². The van der Waals surface area contributed by atoms with Crippen LogP contribution in [0.5, 0.6) is 5.75 Å². The van der Waals surface area contributed by atoms with Gasteiger partial charge in [-0.15, -0.1) is 5.10 Å². The zero-order chi connectivity index (χ0) is 46.3. The summed E-state index contributed by atoms with van der Waals surface area (Å²) in [5.41, 5.74) is 4.42. The highest BCUT2D eigenvalue weighted by molar-refractivity contribution is 6.07. The second-order valence-corrected chi connectivity index (χ2v) is 17.2. The molecule has 348 valence electrons. The van der Waals surface area contributed by atoms with Crippen LogP contribution in [0.15, 0.2) is 48.8 Å². The van der Waals surface area contributed by atoms with Crippen molar-refractivity contribution in [3.63, 3.8) is 0 Å². The fourth-order valence-electron chi connectivity index (χ4n) is 9.33. The minimum atomic E-state index is -0.729.